The summed E-state index contributed by atoms with van der Waals surface area (Å²) < 4.78 is 5.26. The number of nitrogens with one attached hydrogen (secondary N) is 2. The Kier molecular flexibility index (Phi) is 6.43. The van der Waals surface area contributed by atoms with Crippen LogP contribution in [0.25, 0.3) is 0 Å². The molecule has 116 valence electrons. The van der Waals surface area contributed by atoms with Crippen molar-refractivity contribution in [3.05, 3.63) is 23.9 Å². The lowest BCUT2D eigenvalue weighted by molar-refractivity contribution is -0.123. The SMILES string of the molecule is Cc1ccc(NCCCNC(=O)CN2CCOCC2)nc1. The van der Waals surface area contributed by atoms with E-state index in [0.717, 1.165) is 50.7 Å². The minimum atomic E-state index is 0.0883. The average molecular weight is 292 g/mol. The first-order valence-corrected chi connectivity index (χ1v) is 7.47. The van der Waals surface area contributed by atoms with Crippen molar-refractivity contribution in [3.63, 3.8) is 0 Å². The second kappa shape index (κ2) is 8.59. The van der Waals surface area contributed by atoms with Crippen LogP contribution < -0.4 is 10.6 Å². The standard InChI is InChI=1S/C15H24N4O2/c1-13-3-4-14(18-11-13)16-5-2-6-17-15(20)12-19-7-9-21-10-8-19/h3-4,11H,2,5-10,12H2,1H3,(H,16,18)(H,17,20). The molecule has 6 nitrogen and oxygen atoms in total. The maximum absolute atomic E-state index is 11.8. The Morgan fingerprint density at radius 1 is 1.33 bits per heavy atom. The normalized spacial score (nSPS) is 15.7. The van der Waals surface area contributed by atoms with E-state index in [1.165, 1.54) is 0 Å². The molecule has 2 heterocycles. The van der Waals surface area contributed by atoms with Gasteiger partial charge in [-0.25, -0.2) is 4.98 Å². The molecule has 1 saturated heterocycles. The molecular formula is C15H24N4O2. The number of ether oxygens (including phenoxy) is 1. The Balaban J connectivity index is 1.52. The number of hydrogen-bond donors (Lipinski definition) is 2. The minimum Gasteiger partial charge on any atom is -0.379 e. The van der Waals surface area contributed by atoms with Crippen LogP contribution in [0.4, 0.5) is 5.82 Å². The molecule has 6 heteroatoms. The lowest BCUT2D eigenvalue weighted by Gasteiger charge is -2.25. The molecule has 21 heavy (non-hydrogen) atoms. The van der Waals surface area contributed by atoms with Crippen LogP contribution in [-0.4, -0.2) is 61.7 Å². The Morgan fingerprint density at radius 3 is 2.86 bits per heavy atom. The number of pyridine rings is 1. The Labute approximate surface area is 125 Å². The van der Waals surface area contributed by atoms with Crippen LogP contribution in [0.3, 0.4) is 0 Å². The van der Waals surface area contributed by atoms with Gasteiger partial charge in [-0.1, -0.05) is 6.07 Å². The highest BCUT2D eigenvalue weighted by Gasteiger charge is 2.13. The zero-order valence-corrected chi connectivity index (χ0v) is 12.6. The van der Waals surface area contributed by atoms with Crippen molar-refractivity contribution in [3.8, 4) is 0 Å². The number of anilines is 1. The number of aryl methyl sites for hydroxylation is 1. The van der Waals surface area contributed by atoms with Crippen LogP contribution >= 0.6 is 0 Å². The van der Waals surface area contributed by atoms with Crippen molar-refractivity contribution in [1.82, 2.24) is 15.2 Å². The van der Waals surface area contributed by atoms with Crippen LogP contribution in [-0.2, 0) is 9.53 Å². The molecule has 2 N–H and O–H groups in total. The first-order chi connectivity index (χ1) is 10.2. The molecule has 1 amide bonds. The molecule has 0 aliphatic carbocycles. The number of amides is 1. The summed E-state index contributed by atoms with van der Waals surface area (Å²) in [5, 5.41) is 6.18. The van der Waals surface area contributed by atoms with Crippen LogP contribution in [0, 0.1) is 6.92 Å². The fourth-order valence-corrected chi connectivity index (χ4v) is 2.12. The number of morpholine rings is 1. The lowest BCUT2D eigenvalue weighted by atomic mass is 10.3. The van der Waals surface area contributed by atoms with E-state index in [4.69, 9.17) is 4.74 Å². The highest BCUT2D eigenvalue weighted by molar-refractivity contribution is 5.77. The molecule has 0 saturated carbocycles. The van der Waals surface area contributed by atoms with E-state index in [9.17, 15) is 4.79 Å². The van der Waals surface area contributed by atoms with Gasteiger partial charge in [0.15, 0.2) is 0 Å². The number of nitrogens with zero attached hydrogens (tertiary/aromatic N) is 2. The summed E-state index contributed by atoms with van der Waals surface area (Å²) >= 11 is 0. The predicted octanol–water partition coefficient (Wildman–Crippen LogP) is 0.640. The zero-order valence-electron chi connectivity index (χ0n) is 12.6. The maximum Gasteiger partial charge on any atom is 0.234 e. The molecular weight excluding hydrogens is 268 g/mol. The smallest absolute Gasteiger partial charge is 0.234 e. The van der Waals surface area contributed by atoms with Gasteiger partial charge in [-0.05, 0) is 25.0 Å². The monoisotopic (exact) mass is 292 g/mol. The maximum atomic E-state index is 11.8. The zero-order chi connectivity index (χ0) is 14.9. The van der Waals surface area contributed by atoms with Gasteiger partial charge in [0.2, 0.25) is 5.91 Å². The van der Waals surface area contributed by atoms with E-state index in [0.29, 0.717) is 13.1 Å². The van der Waals surface area contributed by atoms with Gasteiger partial charge in [-0.2, -0.15) is 0 Å². The van der Waals surface area contributed by atoms with Gasteiger partial charge in [-0.15, -0.1) is 0 Å². The first kappa shape index (κ1) is 15.7. The minimum absolute atomic E-state index is 0.0883. The fourth-order valence-electron chi connectivity index (χ4n) is 2.12. The lowest BCUT2D eigenvalue weighted by Crippen LogP contribution is -2.43. The third kappa shape index (κ3) is 6.10. The van der Waals surface area contributed by atoms with Crippen molar-refractivity contribution >= 4 is 11.7 Å². The molecule has 0 aromatic carbocycles. The Bertz CT molecular complexity index is 430. The summed E-state index contributed by atoms with van der Waals surface area (Å²) in [6, 6.07) is 3.99. The third-order valence-corrected chi connectivity index (χ3v) is 3.36. The Hall–Kier alpha value is -1.66. The molecule has 1 aliphatic heterocycles. The number of carbonyl (C=O) groups is 1. The molecule has 0 unspecified atom stereocenters. The summed E-state index contributed by atoms with van der Waals surface area (Å²) in [7, 11) is 0. The summed E-state index contributed by atoms with van der Waals surface area (Å²) in [5.41, 5.74) is 1.15. The first-order valence-electron chi connectivity index (χ1n) is 7.47. The summed E-state index contributed by atoms with van der Waals surface area (Å²) in [4.78, 5) is 18.1. The van der Waals surface area contributed by atoms with Gasteiger partial charge in [0.25, 0.3) is 0 Å². The largest absolute Gasteiger partial charge is 0.379 e. The van der Waals surface area contributed by atoms with Crippen molar-refractivity contribution in [2.24, 2.45) is 0 Å². The van der Waals surface area contributed by atoms with E-state index in [1.54, 1.807) is 0 Å². The second-order valence-corrected chi connectivity index (χ2v) is 5.24. The van der Waals surface area contributed by atoms with E-state index in [-0.39, 0.29) is 5.91 Å². The number of hydrogen-bond acceptors (Lipinski definition) is 5. The van der Waals surface area contributed by atoms with Crippen molar-refractivity contribution in [1.29, 1.82) is 0 Å². The molecule has 0 bridgehead atoms. The fraction of sp³-hybridized carbons (Fsp3) is 0.600. The van der Waals surface area contributed by atoms with Crippen molar-refractivity contribution in [2.45, 2.75) is 13.3 Å². The quantitative estimate of drug-likeness (QED) is 0.722. The van der Waals surface area contributed by atoms with Crippen molar-refractivity contribution in [2.75, 3.05) is 51.3 Å². The summed E-state index contributed by atoms with van der Waals surface area (Å²) in [5.74, 6) is 0.964. The molecule has 0 radical (unpaired) electrons. The van der Waals surface area contributed by atoms with E-state index in [2.05, 4.69) is 20.5 Å². The van der Waals surface area contributed by atoms with Gasteiger partial charge in [0, 0.05) is 32.4 Å². The third-order valence-electron chi connectivity index (χ3n) is 3.36. The molecule has 1 aliphatic rings. The summed E-state index contributed by atoms with van der Waals surface area (Å²) in [6.07, 6.45) is 2.72. The molecule has 1 aromatic heterocycles. The second-order valence-electron chi connectivity index (χ2n) is 5.24. The molecule has 1 fully saturated rings. The van der Waals surface area contributed by atoms with Gasteiger partial charge in [0.1, 0.15) is 5.82 Å². The number of carbonyl (C=O) groups excluding carboxylic acids is 1. The highest BCUT2D eigenvalue weighted by atomic mass is 16.5. The molecule has 1 aromatic rings. The predicted molar refractivity (Wildman–Crippen MR) is 82.3 cm³/mol. The Morgan fingerprint density at radius 2 is 2.14 bits per heavy atom. The molecule has 0 atom stereocenters. The van der Waals surface area contributed by atoms with E-state index >= 15 is 0 Å². The van der Waals surface area contributed by atoms with E-state index < -0.39 is 0 Å². The average Bonchev–Trinajstić information content (AvgIpc) is 2.50. The van der Waals surface area contributed by atoms with Crippen LogP contribution in [0.2, 0.25) is 0 Å². The highest BCUT2D eigenvalue weighted by Crippen LogP contribution is 2.03. The number of rotatable bonds is 7. The van der Waals surface area contributed by atoms with Crippen molar-refractivity contribution < 1.29 is 9.53 Å². The van der Waals surface area contributed by atoms with Crippen LogP contribution in [0.15, 0.2) is 18.3 Å². The number of aromatic nitrogens is 1. The van der Waals surface area contributed by atoms with Crippen LogP contribution in [0.1, 0.15) is 12.0 Å². The van der Waals surface area contributed by atoms with Gasteiger partial charge in [0.05, 0.1) is 19.8 Å². The van der Waals surface area contributed by atoms with Gasteiger partial charge < -0.3 is 15.4 Å². The van der Waals surface area contributed by atoms with Gasteiger partial charge >= 0.3 is 0 Å². The summed E-state index contributed by atoms with van der Waals surface area (Å²) in [6.45, 7) is 7.09. The molecule has 0 spiro atoms. The molecule has 2 rings (SSSR count). The van der Waals surface area contributed by atoms with Crippen LogP contribution in [0.5, 0.6) is 0 Å². The van der Waals surface area contributed by atoms with E-state index in [1.807, 2.05) is 25.3 Å². The topological polar surface area (TPSA) is 66.5 Å². The van der Waals surface area contributed by atoms with Gasteiger partial charge in [-0.3, -0.25) is 9.69 Å².